The van der Waals surface area contributed by atoms with Crippen molar-refractivity contribution in [2.45, 2.75) is 51.4 Å². The Morgan fingerprint density at radius 1 is 0.727 bits per heavy atom. The molecule has 118 valence electrons. The van der Waals surface area contributed by atoms with Crippen molar-refractivity contribution in [2.75, 3.05) is 11.5 Å². The highest BCUT2D eigenvalue weighted by molar-refractivity contribution is 5.48. The summed E-state index contributed by atoms with van der Waals surface area (Å²) in [7, 11) is 0. The summed E-state index contributed by atoms with van der Waals surface area (Å²) in [6.07, 6.45) is 6.23. The highest BCUT2D eigenvalue weighted by atomic mass is 14.5. The first kappa shape index (κ1) is 16.4. The van der Waals surface area contributed by atoms with Gasteiger partial charge in [-0.25, -0.2) is 0 Å². The minimum Gasteiger partial charge on any atom is -0.399 e. The molecule has 0 spiro atoms. The van der Waals surface area contributed by atoms with Crippen LogP contribution in [0.2, 0.25) is 0 Å². The van der Waals surface area contributed by atoms with E-state index in [1.165, 1.54) is 36.8 Å². The summed E-state index contributed by atoms with van der Waals surface area (Å²) in [4.78, 5) is 0. The third-order valence-electron chi connectivity index (χ3n) is 4.63. The molecule has 0 atom stereocenters. The number of hydrogen-bond donors (Lipinski definition) is 2. The topological polar surface area (TPSA) is 52.0 Å². The number of nitrogens with two attached hydrogens (primary N) is 2. The molecule has 0 unspecified atom stereocenters. The van der Waals surface area contributed by atoms with E-state index >= 15 is 0 Å². The smallest absolute Gasteiger partial charge is 0.0314 e. The third-order valence-corrected chi connectivity index (χ3v) is 4.63. The van der Waals surface area contributed by atoms with E-state index in [1.807, 2.05) is 24.3 Å². The summed E-state index contributed by atoms with van der Waals surface area (Å²) >= 11 is 0. The molecule has 0 fully saturated rings. The molecule has 0 aromatic heterocycles. The van der Waals surface area contributed by atoms with Gasteiger partial charge >= 0.3 is 0 Å². The molecule has 0 bridgehead atoms. The first-order valence-corrected chi connectivity index (χ1v) is 8.28. The second-order valence-electron chi connectivity index (χ2n) is 6.39. The van der Waals surface area contributed by atoms with Crippen molar-refractivity contribution in [2.24, 2.45) is 0 Å². The zero-order valence-corrected chi connectivity index (χ0v) is 13.8. The highest BCUT2D eigenvalue weighted by Crippen LogP contribution is 2.37. The van der Waals surface area contributed by atoms with Gasteiger partial charge in [0.25, 0.3) is 0 Å². The average Bonchev–Trinajstić information content (AvgIpc) is 2.52. The molecule has 2 nitrogen and oxygen atoms in total. The van der Waals surface area contributed by atoms with E-state index in [1.54, 1.807) is 0 Å². The molecule has 0 amide bonds. The Bertz CT molecular complexity index is 524. The van der Waals surface area contributed by atoms with Gasteiger partial charge in [-0.1, -0.05) is 63.8 Å². The summed E-state index contributed by atoms with van der Waals surface area (Å²) in [5.74, 6) is 0. The average molecular weight is 296 g/mol. The van der Waals surface area contributed by atoms with Gasteiger partial charge < -0.3 is 11.5 Å². The molecule has 0 heterocycles. The standard InChI is InChI=1S/C20H28N2/c1-3-4-5-6-15-20(2,16-7-11-18(21)12-8-16)17-9-13-19(22)14-10-17/h7-14H,3-6,15,21-22H2,1-2H3. The van der Waals surface area contributed by atoms with Gasteiger partial charge in [0.1, 0.15) is 0 Å². The van der Waals surface area contributed by atoms with Crippen LogP contribution in [0.15, 0.2) is 48.5 Å². The zero-order chi connectivity index (χ0) is 16.0. The molecule has 2 aromatic carbocycles. The lowest BCUT2D eigenvalue weighted by molar-refractivity contribution is 0.478. The van der Waals surface area contributed by atoms with Crippen LogP contribution in [0.1, 0.15) is 57.1 Å². The lowest BCUT2D eigenvalue weighted by Gasteiger charge is -2.31. The third kappa shape index (κ3) is 3.82. The normalized spacial score (nSPS) is 11.5. The lowest BCUT2D eigenvalue weighted by atomic mass is 9.72. The van der Waals surface area contributed by atoms with E-state index in [-0.39, 0.29) is 5.41 Å². The second-order valence-corrected chi connectivity index (χ2v) is 6.39. The van der Waals surface area contributed by atoms with Crippen molar-refractivity contribution in [3.63, 3.8) is 0 Å². The Balaban J connectivity index is 2.30. The van der Waals surface area contributed by atoms with Crippen LogP contribution >= 0.6 is 0 Å². The van der Waals surface area contributed by atoms with Crippen molar-refractivity contribution in [3.8, 4) is 0 Å². The minimum atomic E-state index is 0.00907. The molecule has 2 rings (SSSR count). The molecular weight excluding hydrogens is 268 g/mol. The van der Waals surface area contributed by atoms with E-state index in [2.05, 4.69) is 38.1 Å². The largest absolute Gasteiger partial charge is 0.399 e. The summed E-state index contributed by atoms with van der Waals surface area (Å²) < 4.78 is 0. The van der Waals surface area contributed by atoms with E-state index < -0.39 is 0 Å². The maximum absolute atomic E-state index is 5.85. The van der Waals surface area contributed by atoms with Gasteiger partial charge in [0, 0.05) is 16.8 Å². The van der Waals surface area contributed by atoms with Crippen molar-refractivity contribution in [1.82, 2.24) is 0 Å². The van der Waals surface area contributed by atoms with E-state index in [0.29, 0.717) is 0 Å². The predicted molar refractivity (Wildman–Crippen MR) is 96.9 cm³/mol. The van der Waals surface area contributed by atoms with Crippen LogP contribution in [0.4, 0.5) is 11.4 Å². The molecule has 2 aromatic rings. The van der Waals surface area contributed by atoms with Crippen molar-refractivity contribution in [1.29, 1.82) is 0 Å². The molecular formula is C20H28N2. The Morgan fingerprint density at radius 3 is 1.59 bits per heavy atom. The highest BCUT2D eigenvalue weighted by Gasteiger charge is 2.28. The van der Waals surface area contributed by atoms with Crippen LogP contribution in [-0.4, -0.2) is 0 Å². The van der Waals surface area contributed by atoms with Gasteiger partial charge in [-0.3, -0.25) is 0 Å². The van der Waals surface area contributed by atoms with E-state index in [0.717, 1.165) is 17.8 Å². The number of rotatable bonds is 7. The Hall–Kier alpha value is -1.96. The SMILES string of the molecule is CCCCCCC(C)(c1ccc(N)cc1)c1ccc(N)cc1. The van der Waals surface area contributed by atoms with E-state index in [4.69, 9.17) is 11.5 Å². The Morgan fingerprint density at radius 2 is 1.18 bits per heavy atom. The molecule has 0 radical (unpaired) electrons. The molecule has 0 aliphatic heterocycles. The van der Waals surface area contributed by atoms with Gasteiger partial charge in [0.2, 0.25) is 0 Å². The molecule has 2 heteroatoms. The van der Waals surface area contributed by atoms with Crippen LogP contribution in [0.5, 0.6) is 0 Å². The number of anilines is 2. The summed E-state index contributed by atoms with van der Waals surface area (Å²) in [6, 6.07) is 16.6. The first-order valence-electron chi connectivity index (χ1n) is 8.28. The fraction of sp³-hybridized carbons (Fsp3) is 0.400. The van der Waals surface area contributed by atoms with Gasteiger partial charge in [-0.2, -0.15) is 0 Å². The second kappa shape index (κ2) is 7.35. The predicted octanol–water partition coefficient (Wildman–Crippen LogP) is 5.13. The first-order chi connectivity index (χ1) is 10.6. The maximum atomic E-state index is 5.85. The van der Waals surface area contributed by atoms with Crippen LogP contribution in [-0.2, 0) is 5.41 Å². The zero-order valence-electron chi connectivity index (χ0n) is 13.8. The van der Waals surface area contributed by atoms with Crippen LogP contribution < -0.4 is 11.5 Å². The van der Waals surface area contributed by atoms with Crippen LogP contribution in [0, 0.1) is 0 Å². The van der Waals surface area contributed by atoms with Crippen LogP contribution in [0.25, 0.3) is 0 Å². The molecule has 0 saturated carbocycles. The van der Waals surface area contributed by atoms with Crippen molar-refractivity contribution < 1.29 is 0 Å². The molecule has 0 aliphatic rings. The molecule has 0 aliphatic carbocycles. The summed E-state index contributed by atoms with van der Waals surface area (Å²) in [5.41, 5.74) is 16.0. The summed E-state index contributed by atoms with van der Waals surface area (Å²) in [6.45, 7) is 4.58. The van der Waals surface area contributed by atoms with Gasteiger partial charge in [-0.15, -0.1) is 0 Å². The number of nitrogen functional groups attached to an aromatic ring is 2. The maximum Gasteiger partial charge on any atom is 0.0314 e. The summed E-state index contributed by atoms with van der Waals surface area (Å²) in [5, 5.41) is 0. The fourth-order valence-electron chi connectivity index (χ4n) is 3.06. The minimum absolute atomic E-state index is 0.00907. The number of hydrogen-bond acceptors (Lipinski definition) is 2. The van der Waals surface area contributed by atoms with Gasteiger partial charge in [-0.05, 0) is 41.8 Å². The van der Waals surface area contributed by atoms with Gasteiger partial charge in [0.15, 0.2) is 0 Å². The van der Waals surface area contributed by atoms with E-state index in [9.17, 15) is 0 Å². The Labute approximate surface area is 134 Å². The van der Waals surface area contributed by atoms with Crippen molar-refractivity contribution >= 4 is 11.4 Å². The van der Waals surface area contributed by atoms with Crippen molar-refractivity contribution in [3.05, 3.63) is 59.7 Å². The van der Waals surface area contributed by atoms with Crippen LogP contribution in [0.3, 0.4) is 0 Å². The lowest BCUT2D eigenvalue weighted by Crippen LogP contribution is -2.23. The number of benzene rings is 2. The Kier molecular flexibility index (Phi) is 5.48. The fourth-order valence-corrected chi connectivity index (χ4v) is 3.06. The quantitative estimate of drug-likeness (QED) is 0.550. The monoisotopic (exact) mass is 296 g/mol. The molecule has 4 N–H and O–H groups in total. The van der Waals surface area contributed by atoms with Gasteiger partial charge in [0.05, 0.1) is 0 Å². The molecule has 0 saturated heterocycles. The number of unbranched alkanes of at least 4 members (excludes halogenated alkanes) is 3. The molecule has 22 heavy (non-hydrogen) atoms.